The second kappa shape index (κ2) is 5.32. The number of hydrogen-bond donors (Lipinski definition) is 2. The lowest BCUT2D eigenvalue weighted by Gasteiger charge is -2.05. The molecule has 0 unspecified atom stereocenters. The molecule has 0 saturated carbocycles. The van der Waals surface area contributed by atoms with Crippen LogP contribution in [0.3, 0.4) is 0 Å². The van der Waals surface area contributed by atoms with E-state index < -0.39 is 6.10 Å². The highest BCUT2D eigenvalue weighted by molar-refractivity contribution is 7.99. The summed E-state index contributed by atoms with van der Waals surface area (Å²) in [7, 11) is 0. The summed E-state index contributed by atoms with van der Waals surface area (Å²) in [6.45, 7) is 3.43. The van der Waals surface area contributed by atoms with Crippen LogP contribution in [0, 0.1) is 6.92 Å². The van der Waals surface area contributed by atoms with E-state index in [2.05, 4.69) is 15.0 Å². The van der Waals surface area contributed by atoms with Crippen LogP contribution in [0.25, 0.3) is 0 Å². The first-order valence-corrected chi connectivity index (χ1v) is 6.26. The molecule has 94 valence electrons. The van der Waals surface area contributed by atoms with Gasteiger partial charge in [0, 0.05) is 22.9 Å². The van der Waals surface area contributed by atoms with Crippen molar-refractivity contribution in [2.75, 3.05) is 0 Å². The van der Waals surface area contributed by atoms with Gasteiger partial charge in [-0.25, -0.2) is 4.98 Å². The van der Waals surface area contributed by atoms with Crippen molar-refractivity contribution in [1.29, 1.82) is 0 Å². The molecule has 0 spiro atoms. The van der Waals surface area contributed by atoms with E-state index in [1.54, 1.807) is 26.1 Å². The average Bonchev–Trinajstić information content (AvgIpc) is 2.28. The molecular formula is C12H13N3O2S. The van der Waals surface area contributed by atoms with Gasteiger partial charge in [-0.2, -0.15) is 0 Å². The lowest BCUT2D eigenvalue weighted by atomic mass is 10.2. The molecule has 0 aliphatic heterocycles. The fourth-order valence-electron chi connectivity index (χ4n) is 1.41. The van der Waals surface area contributed by atoms with Crippen molar-refractivity contribution >= 4 is 11.8 Å². The van der Waals surface area contributed by atoms with E-state index in [-0.39, 0.29) is 5.56 Å². The Balaban J connectivity index is 2.20. The van der Waals surface area contributed by atoms with Crippen molar-refractivity contribution in [2.45, 2.75) is 30.0 Å². The molecule has 0 bridgehead atoms. The molecule has 2 aromatic rings. The van der Waals surface area contributed by atoms with E-state index in [0.29, 0.717) is 16.5 Å². The molecule has 0 aromatic carbocycles. The minimum absolute atomic E-state index is 0.168. The molecule has 0 aliphatic rings. The first-order valence-electron chi connectivity index (χ1n) is 5.44. The van der Waals surface area contributed by atoms with Gasteiger partial charge < -0.3 is 10.1 Å². The minimum atomic E-state index is -0.582. The van der Waals surface area contributed by atoms with Crippen LogP contribution < -0.4 is 5.56 Å². The summed E-state index contributed by atoms with van der Waals surface area (Å²) < 4.78 is 0. The molecule has 18 heavy (non-hydrogen) atoms. The molecule has 2 rings (SSSR count). The zero-order chi connectivity index (χ0) is 13.1. The Morgan fingerprint density at radius 3 is 2.78 bits per heavy atom. The Bertz CT molecular complexity index is 593. The predicted molar refractivity (Wildman–Crippen MR) is 68.6 cm³/mol. The van der Waals surface area contributed by atoms with Crippen molar-refractivity contribution in [1.82, 2.24) is 15.0 Å². The second-order valence-electron chi connectivity index (χ2n) is 3.89. The van der Waals surface area contributed by atoms with Crippen LogP contribution in [-0.2, 0) is 0 Å². The molecular weight excluding hydrogens is 250 g/mol. The van der Waals surface area contributed by atoms with E-state index in [9.17, 15) is 9.90 Å². The first-order chi connectivity index (χ1) is 8.54. The fraction of sp³-hybridized carbons (Fsp3) is 0.250. The third-order valence-corrected chi connectivity index (χ3v) is 3.11. The Morgan fingerprint density at radius 1 is 1.44 bits per heavy atom. The monoisotopic (exact) mass is 263 g/mol. The number of aromatic amines is 1. The number of aryl methyl sites for hydroxylation is 1. The smallest absolute Gasteiger partial charge is 0.251 e. The molecule has 0 radical (unpaired) electrons. The van der Waals surface area contributed by atoms with Gasteiger partial charge in [-0.3, -0.25) is 9.78 Å². The highest BCUT2D eigenvalue weighted by Gasteiger charge is 2.05. The van der Waals surface area contributed by atoms with Crippen LogP contribution >= 0.6 is 11.8 Å². The lowest BCUT2D eigenvalue weighted by Crippen LogP contribution is -2.07. The second-order valence-corrected chi connectivity index (χ2v) is 4.95. The maximum atomic E-state index is 11.3. The lowest BCUT2D eigenvalue weighted by molar-refractivity contribution is 0.194. The van der Waals surface area contributed by atoms with Gasteiger partial charge in [0.1, 0.15) is 0 Å². The summed E-state index contributed by atoms with van der Waals surface area (Å²) in [5, 5.41) is 9.88. The SMILES string of the molecule is Cc1cc(=O)[nH]c(Sc2ccc([C@H](C)O)nc2)n1. The Kier molecular flexibility index (Phi) is 3.78. The van der Waals surface area contributed by atoms with Gasteiger partial charge in [0.05, 0.1) is 11.8 Å². The summed E-state index contributed by atoms with van der Waals surface area (Å²) in [5.74, 6) is 0. The number of aliphatic hydroxyl groups is 1. The number of aliphatic hydroxyl groups excluding tert-OH is 1. The summed E-state index contributed by atoms with van der Waals surface area (Å²) in [4.78, 5) is 23.1. The molecule has 2 N–H and O–H groups in total. The topological polar surface area (TPSA) is 78.9 Å². The van der Waals surface area contributed by atoms with Crippen molar-refractivity contribution in [3.63, 3.8) is 0 Å². The fourth-order valence-corrected chi connectivity index (χ4v) is 2.22. The van der Waals surface area contributed by atoms with Gasteiger partial charge in [0.2, 0.25) is 0 Å². The van der Waals surface area contributed by atoms with Gasteiger partial charge >= 0.3 is 0 Å². The predicted octanol–water partition coefficient (Wildman–Crippen LogP) is 1.68. The van der Waals surface area contributed by atoms with Crippen LogP contribution in [0.2, 0.25) is 0 Å². The summed E-state index contributed by atoms with van der Waals surface area (Å²) in [6, 6.07) is 5.03. The summed E-state index contributed by atoms with van der Waals surface area (Å²) in [6.07, 6.45) is 1.07. The molecule has 2 heterocycles. The van der Waals surface area contributed by atoms with Crippen molar-refractivity contribution in [2.24, 2.45) is 0 Å². The number of pyridine rings is 1. The number of rotatable bonds is 3. The average molecular weight is 263 g/mol. The van der Waals surface area contributed by atoms with E-state index in [0.717, 1.165) is 4.90 Å². The van der Waals surface area contributed by atoms with Crippen LogP contribution in [0.5, 0.6) is 0 Å². The summed E-state index contributed by atoms with van der Waals surface area (Å²) in [5.41, 5.74) is 1.12. The third kappa shape index (κ3) is 3.18. The zero-order valence-corrected chi connectivity index (χ0v) is 10.9. The highest BCUT2D eigenvalue weighted by Crippen LogP contribution is 2.23. The number of H-pyrrole nitrogens is 1. The van der Waals surface area contributed by atoms with Crippen LogP contribution in [0.1, 0.15) is 24.4 Å². The van der Waals surface area contributed by atoms with Crippen molar-refractivity contribution in [3.05, 3.63) is 46.1 Å². The molecule has 5 nitrogen and oxygen atoms in total. The maximum Gasteiger partial charge on any atom is 0.251 e. The van der Waals surface area contributed by atoms with Crippen molar-refractivity contribution in [3.8, 4) is 0 Å². The normalized spacial score (nSPS) is 12.4. The largest absolute Gasteiger partial charge is 0.387 e. The van der Waals surface area contributed by atoms with Crippen molar-refractivity contribution < 1.29 is 5.11 Å². The molecule has 0 amide bonds. The first kappa shape index (κ1) is 12.8. The van der Waals surface area contributed by atoms with E-state index in [1.165, 1.54) is 17.8 Å². The van der Waals surface area contributed by atoms with Crippen LogP contribution in [0.4, 0.5) is 0 Å². The quantitative estimate of drug-likeness (QED) is 0.824. The van der Waals surface area contributed by atoms with Gasteiger partial charge in [-0.05, 0) is 26.0 Å². The van der Waals surface area contributed by atoms with Gasteiger partial charge in [-0.1, -0.05) is 11.8 Å². The third-order valence-electron chi connectivity index (χ3n) is 2.25. The van der Waals surface area contributed by atoms with Gasteiger partial charge in [0.15, 0.2) is 5.16 Å². The molecule has 0 saturated heterocycles. The van der Waals surface area contributed by atoms with E-state index >= 15 is 0 Å². The maximum absolute atomic E-state index is 11.3. The molecule has 1 atom stereocenters. The Labute approximate surface area is 108 Å². The van der Waals surface area contributed by atoms with Crippen LogP contribution in [-0.4, -0.2) is 20.1 Å². The molecule has 0 fully saturated rings. The number of aromatic nitrogens is 3. The van der Waals surface area contributed by atoms with E-state index in [4.69, 9.17) is 0 Å². The summed E-state index contributed by atoms with van der Waals surface area (Å²) >= 11 is 1.33. The Morgan fingerprint density at radius 2 is 2.22 bits per heavy atom. The zero-order valence-electron chi connectivity index (χ0n) is 10.0. The van der Waals surface area contributed by atoms with Crippen LogP contribution in [0.15, 0.2) is 39.2 Å². The van der Waals surface area contributed by atoms with E-state index in [1.807, 2.05) is 6.07 Å². The van der Waals surface area contributed by atoms with Gasteiger partial charge in [-0.15, -0.1) is 0 Å². The highest BCUT2D eigenvalue weighted by atomic mass is 32.2. The standard InChI is InChI=1S/C12H13N3O2S/c1-7-5-11(17)15-12(14-7)18-9-3-4-10(8(2)16)13-6-9/h3-6,8,16H,1-2H3,(H,14,15,17)/t8-/m0/s1. The number of hydrogen-bond acceptors (Lipinski definition) is 5. The van der Waals surface area contributed by atoms with Gasteiger partial charge in [0.25, 0.3) is 5.56 Å². The Hall–Kier alpha value is -1.66. The molecule has 0 aliphatic carbocycles. The molecule has 2 aromatic heterocycles. The molecule has 6 heteroatoms. The minimum Gasteiger partial charge on any atom is -0.387 e. The number of nitrogens with one attached hydrogen (secondary N) is 1. The number of nitrogens with zero attached hydrogens (tertiary/aromatic N) is 2.